The largest absolute Gasteiger partial charge is 0.462 e. The number of halogens is 4. The highest BCUT2D eigenvalue weighted by molar-refractivity contribution is 7.26. The van der Waals surface area contributed by atoms with Gasteiger partial charge in [-0.15, -0.1) is 11.3 Å². The third-order valence-electron chi connectivity index (χ3n) is 12.7. The van der Waals surface area contributed by atoms with Crippen LogP contribution in [0.2, 0.25) is 0 Å². The van der Waals surface area contributed by atoms with Crippen LogP contribution in [0, 0.1) is 12.3 Å². The first-order valence-corrected chi connectivity index (χ1v) is 22.6. The van der Waals surface area contributed by atoms with E-state index in [1.165, 1.54) is 11.3 Å². The first-order valence-electron chi connectivity index (χ1n) is 21.7. The minimum Gasteiger partial charge on any atom is -0.462 e. The minimum absolute atomic E-state index is 0.0284. The molecule has 1 unspecified atom stereocenters. The number of fused-ring (bicyclic) bond motifs is 6. The number of pyridine rings is 1. The van der Waals surface area contributed by atoms with Crippen molar-refractivity contribution in [3.63, 3.8) is 0 Å². The lowest BCUT2D eigenvalue weighted by molar-refractivity contribution is -0.0499. The van der Waals surface area contributed by atoms with Crippen molar-refractivity contribution >= 4 is 54.5 Å². The molecule has 18 heteroatoms. The van der Waals surface area contributed by atoms with E-state index in [4.69, 9.17) is 43.7 Å². The van der Waals surface area contributed by atoms with Crippen molar-refractivity contribution < 1.29 is 46.0 Å². The lowest BCUT2D eigenvalue weighted by Crippen LogP contribution is -2.57. The smallest absolute Gasteiger partial charge is 0.410 e. The average Bonchev–Trinajstić information content (AvgIpc) is 3.61. The summed E-state index contributed by atoms with van der Waals surface area (Å²) in [5.74, 6) is -2.54. The number of amides is 1. The van der Waals surface area contributed by atoms with Crippen LogP contribution in [0.5, 0.6) is 11.8 Å². The molecule has 1 amide bonds. The van der Waals surface area contributed by atoms with Crippen molar-refractivity contribution in [1.29, 1.82) is 0 Å². The quantitative estimate of drug-likeness (QED) is 0.109. The summed E-state index contributed by atoms with van der Waals surface area (Å²) in [5, 5.41) is 6.62. The Labute approximate surface area is 370 Å². The molecule has 4 fully saturated rings. The fraction of sp³-hybridized carbons (Fsp3) is 0.500. The molecular formula is C46H49F4N7O6S. The van der Waals surface area contributed by atoms with E-state index < -0.39 is 30.0 Å². The molecule has 3 aliphatic heterocycles. The van der Waals surface area contributed by atoms with Gasteiger partial charge in [-0.2, -0.15) is 23.8 Å². The van der Waals surface area contributed by atoms with Crippen molar-refractivity contribution in [1.82, 2.24) is 29.6 Å². The Bertz CT molecular complexity index is 2710. The lowest BCUT2D eigenvalue weighted by atomic mass is 10.00. The molecule has 3 saturated heterocycles. The number of benzene rings is 2. The highest BCUT2D eigenvalue weighted by Gasteiger charge is 2.72. The minimum atomic E-state index is -3.12. The first kappa shape index (κ1) is 42.6. The van der Waals surface area contributed by atoms with Gasteiger partial charge in [-0.25, -0.2) is 18.3 Å². The highest BCUT2D eigenvalue weighted by atomic mass is 32.1. The van der Waals surface area contributed by atoms with Gasteiger partial charge in [0.05, 0.1) is 63.8 Å². The van der Waals surface area contributed by atoms with Gasteiger partial charge in [0.25, 0.3) is 5.92 Å². The van der Waals surface area contributed by atoms with Gasteiger partial charge in [0.2, 0.25) is 0 Å². The van der Waals surface area contributed by atoms with Gasteiger partial charge < -0.3 is 28.6 Å². The van der Waals surface area contributed by atoms with Gasteiger partial charge in [0, 0.05) is 43.1 Å². The Kier molecular flexibility index (Phi) is 10.8. The van der Waals surface area contributed by atoms with E-state index in [0.717, 1.165) is 37.7 Å². The molecule has 0 radical (unpaired) electrons. The second kappa shape index (κ2) is 16.3. The standard InChI is InChI=1S/C46H49F4N7O6S/c1-26-18-32-31(19-52-57(32)33-12-8-9-17-60-33)34(37(26)62-41(47)48)36-38-30(15-16-51-36)35-39(55-20-28-13-14-29(21-55)56(28)43(58)63-44(2,3)4)53-42(54-40(35)64-38)61-25-45(23-46(45,49)50)24-59-22-27-10-6-5-7-11-27/h5-7,10-11,15-16,18-19,28-29,33,41H,8-9,12-14,17,20-25H2,1-4H3/t28-,29+,33?,45-/m1/s1. The normalized spacial score (nSPS) is 23.1. The molecule has 1 saturated carbocycles. The van der Waals surface area contributed by atoms with Crippen molar-refractivity contribution in [3.8, 4) is 23.0 Å². The van der Waals surface area contributed by atoms with Crippen LogP contribution in [-0.4, -0.2) is 98.9 Å². The second-order valence-corrected chi connectivity index (χ2v) is 19.4. The Morgan fingerprint density at radius 1 is 1.02 bits per heavy atom. The number of piperazine rings is 1. The van der Waals surface area contributed by atoms with Gasteiger partial charge in [0.1, 0.15) is 28.6 Å². The Morgan fingerprint density at radius 3 is 2.47 bits per heavy atom. The van der Waals surface area contributed by atoms with Gasteiger partial charge in [0.15, 0.2) is 6.23 Å². The average molecular weight is 904 g/mol. The number of rotatable bonds is 12. The molecule has 64 heavy (non-hydrogen) atoms. The molecule has 338 valence electrons. The lowest BCUT2D eigenvalue weighted by Gasteiger charge is -2.42. The fourth-order valence-corrected chi connectivity index (χ4v) is 10.7. The summed E-state index contributed by atoms with van der Waals surface area (Å²) in [5.41, 5.74) is 0.505. The van der Waals surface area contributed by atoms with Crippen molar-refractivity contribution in [2.75, 3.05) is 37.8 Å². The molecule has 4 aliphatic rings. The number of alkyl halides is 4. The topological polar surface area (TPSA) is 126 Å². The van der Waals surface area contributed by atoms with Crippen LogP contribution in [0.4, 0.5) is 28.2 Å². The molecule has 2 bridgehead atoms. The number of aromatic nitrogens is 5. The number of carbonyl (C=O) groups excluding carboxylic acids is 1. The van der Waals surface area contributed by atoms with Crippen LogP contribution in [0.1, 0.15) is 76.7 Å². The van der Waals surface area contributed by atoms with Gasteiger partial charge in [-0.05, 0) is 83.1 Å². The van der Waals surface area contributed by atoms with Crippen LogP contribution in [0.15, 0.2) is 54.9 Å². The molecule has 13 nitrogen and oxygen atoms in total. The van der Waals surface area contributed by atoms with Crippen LogP contribution >= 0.6 is 11.3 Å². The summed E-state index contributed by atoms with van der Waals surface area (Å²) in [6.45, 7) is 5.09. The molecule has 0 spiro atoms. The number of nitrogens with zero attached hydrogens (tertiary/aromatic N) is 7. The molecule has 7 heterocycles. The summed E-state index contributed by atoms with van der Waals surface area (Å²) in [6.07, 6.45) is 6.33. The number of aryl methyl sites for hydroxylation is 1. The van der Waals surface area contributed by atoms with Gasteiger partial charge in [-0.1, -0.05) is 30.3 Å². The highest BCUT2D eigenvalue weighted by Crippen LogP contribution is 2.61. The molecule has 4 aromatic heterocycles. The van der Waals surface area contributed by atoms with E-state index in [-0.39, 0.29) is 56.0 Å². The zero-order valence-electron chi connectivity index (χ0n) is 36.0. The Balaban J connectivity index is 1.07. The van der Waals surface area contributed by atoms with Crippen LogP contribution in [-0.2, 0) is 20.8 Å². The SMILES string of the molecule is Cc1cc2c(cnn2C2CCCCO2)c(-c2nccc3c2sc2nc(OC[C@]4(COCc5ccccc5)CC4(F)F)nc(N4C[C@H]5CC[C@@H](C4)N5C(=O)OC(C)(C)C)c23)c1OC(F)F. The molecule has 4 atom stereocenters. The van der Waals surface area contributed by atoms with E-state index in [2.05, 4.69) is 4.90 Å². The van der Waals surface area contributed by atoms with E-state index in [1.807, 2.05) is 62.1 Å². The number of thiophene rings is 1. The van der Waals surface area contributed by atoms with E-state index in [1.54, 1.807) is 30.1 Å². The maximum absolute atomic E-state index is 15.2. The zero-order chi connectivity index (χ0) is 44.5. The number of carbonyl (C=O) groups is 1. The van der Waals surface area contributed by atoms with Crippen molar-refractivity contribution in [3.05, 3.63) is 66.0 Å². The fourth-order valence-electron chi connectivity index (χ4n) is 9.52. The summed E-state index contributed by atoms with van der Waals surface area (Å²) in [7, 11) is 0. The van der Waals surface area contributed by atoms with Crippen LogP contribution in [0.3, 0.4) is 0 Å². The molecule has 6 aromatic rings. The zero-order valence-corrected chi connectivity index (χ0v) is 36.8. The molecule has 2 aromatic carbocycles. The number of anilines is 1. The van der Waals surface area contributed by atoms with Crippen molar-refractivity contribution in [2.45, 2.75) is 109 Å². The summed E-state index contributed by atoms with van der Waals surface area (Å²) in [4.78, 5) is 32.5. The maximum Gasteiger partial charge on any atom is 0.410 e. The first-order chi connectivity index (χ1) is 30.7. The van der Waals surface area contributed by atoms with Gasteiger partial charge >= 0.3 is 18.7 Å². The monoisotopic (exact) mass is 903 g/mol. The van der Waals surface area contributed by atoms with E-state index in [9.17, 15) is 13.6 Å². The van der Waals surface area contributed by atoms with Crippen LogP contribution in [0.25, 0.3) is 42.5 Å². The third-order valence-corrected chi connectivity index (χ3v) is 13.8. The predicted molar refractivity (Wildman–Crippen MR) is 232 cm³/mol. The molecule has 10 rings (SSSR count). The number of hydrogen-bond donors (Lipinski definition) is 0. The molecule has 1 aliphatic carbocycles. The second-order valence-electron chi connectivity index (χ2n) is 18.4. The van der Waals surface area contributed by atoms with Crippen LogP contribution < -0.4 is 14.4 Å². The van der Waals surface area contributed by atoms with Gasteiger partial charge in [-0.3, -0.25) is 9.88 Å². The van der Waals surface area contributed by atoms with E-state index >= 15 is 8.78 Å². The predicted octanol–water partition coefficient (Wildman–Crippen LogP) is 10.1. The number of ether oxygens (including phenoxy) is 5. The summed E-state index contributed by atoms with van der Waals surface area (Å²) < 4.78 is 90.5. The molecular weight excluding hydrogens is 855 g/mol. The van der Waals surface area contributed by atoms with E-state index in [0.29, 0.717) is 73.5 Å². The number of hydrogen-bond acceptors (Lipinski definition) is 12. The maximum atomic E-state index is 15.2. The summed E-state index contributed by atoms with van der Waals surface area (Å²) in [6, 6.07) is 12.5. The Morgan fingerprint density at radius 2 is 1.78 bits per heavy atom. The molecule has 0 N–H and O–H groups in total. The third kappa shape index (κ3) is 7.84. The van der Waals surface area contributed by atoms with Crippen molar-refractivity contribution in [2.24, 2.45) is 5.41 Å². The Hall–Kier alpha value is -5.33. The summed E-state index contributed by atoms with van der Waals surface area (Å²) >= 11 is 1.27.